The number of carbonyl (C=O) groups is 2. The Morgan fingerprint density at radius 3 is 2.59 bits per heavy atom. The number of nitrogens with zero attached hydrogens (tertiary/aromatic N) is 6. The third kappa shape index (κ3) is 4.79. The van der Waals surface area contributed by atoms with Gasteiger partial charge in [-0.05, 0) is 86.9 Å². The van der Waals surface area contributed by atoms with E-state index >= 15 is 0 Å². The number of benzene rings is 2. The molecule has 5 heterocycles. The molecule has 2 aliphatic carbocycles. The number of methoxy groups -OCH3 is 1. The van der Waals surface area contributed by atoms with Gasteiger partial charge < -0.3 is 34.2 Å². The van der Waals surface area contributed by atoms with Crippen LogP contribution in [0.15, 0.2) is 48.5 Å². The Balaban J connectivity index is 1.12. The van der Waals surface area contributed by atoms with Crippen LogP contribution in [0.25, 0.3) is 55.9 Å². The SMILES string of the molecule is CCOC(=O)c1nc2ccc(-c3ccc4cc(-c5nc6cc(C(=O)N7CC8CCC7[C@@H]8N)cc(OC)c6n5C)n(CC5CC5)c4n3)cc2[nH]1. The molecule has 3 fully saturated rings. The van der Waals surface area contributed by atoms with Crippen molar-refractivity contribution in [3.05, 3.63) is 59.9 Å². The number of amides is 1. The van der Waals surface area contributed by atoms with Gasteiger partial charge in [0.2, 0.25) is 5.82 Å². The van der Waals surface area contributed by atoms with Crippen molar-refractivity contribution in [1.82, 2.24) is 34.0 Å². The number of piperidine rings is 1. The van der Waals surface area contributed by atoms with E-state index in [0.717, 1.165) is 64.2 Å². The predicted molar refractivity (Wildman–Crippen MR) is 185 cm³/mol. The highest BCUT2D eigenvalue weighted by atomic mass is 16.5. The van der Waals surface area contributed by atoms with Crippen molar-refractivity contribution >= 4 is 45.0 Å². The van der Waals surface area contributed by atoms with Gasteiger partial charge in [0.05, 0.1) is 41.7 Å². The summed E-state index contributed by atoms with van der Waals surface area (Å²) < 4.78 is 15.3. The zero-order chi connectivity index (χ0) is 33.6. The van der Waals surface area contributed by atoms with Crippen molar-refractivity contribution in [3.8, 4) is 28.5 Å². The van der Waals surface area contributed by atoms with Crippen LogP contribution in [-0.2, 0) is 18.3 Å². The van der Waals surface area contributed by atoms with Gasteiger partial charge in [-0.2, -0.15) is 0 Å². The Hall–Kier alpha value is -5.23. The van der Waals surface area contributed by atoms with E-state index in [-0.39, 0.29) is 30.4 Å². The number of esters is 1. The predicted octanol–water partition coefficient (Wildman–Crippen LogP) is 5.29. The largest absolute Gasteiger partial charge is 0.494 e. The second-order valence-electron chi connectivity index (χ2n) is 13.7. The fourth-order valence-electron chi connectivity index (χ4n) is 7.95. The van der Waals surface area contributed by atoms with Crippen LogP contribution in [0.3, 0.4) is 0 Å². The number of hydrogen-bond donors (Lipinski definition) is 2. The second-order valence-corrected chi connectivity index (χ2v) is 13.7. The van der Waals surface area contributed by atoms with Gasteiger partial charge in [0.15, 0.2) is 5.82 Å². The Labute approximate surface area is 282 Å². The molecule has 2 bridgehead atoms. The molecule has 1 aliphatic heterocycles. The number of ether oxygens (including phenoxy) is 2. The van der Waals surface area contributed by atoms with Crippen molar-refractivity contribution in [2.24, 2.45) is 24.6 Å². The van der Waals surface area contributed by atoms with Gasteiger partial charge in [0.1, 0.15) is 16.9 Å². The quantitative estimate of drug-likeness (QED) is 0.210. The van der Waals surface area contributed by atoms with Crippen molar-refractivity contribution in [2.45, 2.75) is 51.2 Å². The van der Waals surface area contributed by atoms with E-state index in [1.165, 1.54) is 12.8 Å². The standard InChI is InChI=1S/C37H38N8O4/c1-4-49-37(47)33-39-25-11-7-20(13-26(25)40-33)24-10-8-21-15-29(44(34(21)41-24)17-19-5-6-19)35-42-27-14-23(16-30(48-3)32(27)43(35)2)36(46)45-18-22-9-12-28(45)31(22)38/h7-8,10-11,13-16,19,22,28,31H,4-6,9,12,17-18,38H2,1-3H3,(H,39,40)/t22?,28?,31-/m1/s1. The van der Waals surface area contributed by atoms with Gasteiger partial charge in [-0.15, -0.1) is 0 Å². The second kappa shape index (κ2) is 11.2. The molecule has 0 radical (unpaired) electrons. The first-order valence-electron chi connectivity index (χ1n) is 17.1. The van der Waals surface area contributed by atoms with Crippen LogP contribution < -0.4 is 10.5 Å². The van der Waals surface area contributed by atoms with E-state index in [2.05, 4.69) is 31.2 Å². The van der Waals surface area contributed by atoms with Crippen LogP contribution >= 0.6 is 0 Å². The van der Waals surface area contributed by atoms with Crippen molar-refractivity contribution in [1.29, 1.82) is 0 Å². The third-order valence-corrected chi connectivity index (χ3v) is 10.7. The average Bonchev–Trinajstić information content (AvgIpc) is 3.36. The molecule has 2 saturated carbocycles. The Bertz CT molecular complexity index is 2310. The van der Waals surface area contributed by atoms with E-state index in [9.17, 15) is 9.59 Å². The van der Waals surface area contributed by atoms with Gasteiger partial charge in [0.25, 0.3) is 5.91 Å². The molecule has 250 valence electrons. The number of aryl methyl sites for hydroxylation is 1. The molecule has 1 saturated heterocycles. The summed E-state index contributed by atoms with van der Waals surface area (Å²) in [6.07, 6.45) is 4.41. The van der Waals surface area contributed by atoms with E-state index in [1.54, 1.807) is 14.0 Å². The maximum atomic E-state index is 13.8. The molecule has 2 unspecified atom stereocenters. The lowest BCUT2D eigenvalue weighted by atomic mass is 10.1. The Morgan fingerprint density at radius 2 is 1.86 bits per heavy atom. The maximum absolute atomic E-state index is 13.8. The lowest BCUT2D eigenvalue weighted by molar-refractivity contribution is 0.0513. The molecular formula is C37H38N8O4. The van der Waals surface area contributed by atoms with Crippen molar-refractivity contribution in [3.63, 3.8) is 0 Å². The minimum atomic E-state index is -0.476. The van der Waals surface area contributed by atoms with E-state index in [4.69, 9.17) is 25.2 Å². The topological polar surface area (TPSA) is 146 Å². The number of aromatic amines is 1. The van der Waals surface area contributed by atoms with Gasteiger partial charge in [-0.25, -0.2) is 19.7 Å². The summed E-state index contributed by atoms with van der Waals surface area (Å²) in [5.41, 5.74) is 13.5. The zero-order valence-electron chi connectivity index (χ0n) is 27.8. The first-order chi connectivity index (χ1) is 23.8. The number of nitrogens with one attached hydrogen (secondary N) is 1. The monoisotopic (exact) mass is 658 g/mol. The summed E-state index contributed by atoms with van der Waals surface area (Å²) >= 11 is 0. The van der Waals surface area contributed by atoms with E-state index in [1.807, 2.05) is 48.3 Å². The minimum Gasteiger partial charge on any atom is -0.494 e. The number of carbonyl (C=O) groups excluding carboxylic acids is 2. The smallest absolute Gasteiger partial charge is 0.374 e. The summed E-state index contributed by atoms with van der Waals surface area (Å²) in [5.74, 6) is 2.05. The molecule has 49 heavy (non-hydrogen) atoms. The van der Waals surface area contributed by atoms with Gasteiger partial charge in [-0.1, -0.05) is 6.07 Å². The summed E-state index contributed by atoms with van der Waals surface area (Å²) in [5, 5.41) is 1.02. The third-order valence-electron chi connectivity index (χ3n) is 10.7. The first-order valence-corrected chi connectivity index (χ1v) is 17.1. The number of imidazole rings is 2. The highest BCUT2D eigenvalue weighted by Gasteiger charge is 2.47. The Kier molecular flexibility index (Phi) is 6.80. The van der Waals surface area contributed by atoms with Crippen molar-refractivity contribution < 1.29 is 19.1 Å². The number of nitrogens with two attached hydrogens (primary N) is 1. The lowest BCUT2D eigenvalue weighted by Crippen LogP contribution is -2.41. The number of aromatic nitrogens is 6. The molecule has 1 amide bonds. The number of hydrogen-bond acceptors (Lipinski definition) is 8. The number of fused-ring (bicyclic) bond motifs is 5. The van der Waals surface area contributed by atoms with Gasteiger partial charge in [0, 0.05) is 48.7 Å². The molecule has 12 nitrogen and oxygen atoms in total. The molecule has 2 aromatic carbocycles. The molecule has 3 N–H and O–H groups in total. The number of rotatable bonds is 8. The van der Waals surface area contributed by atoms with Crippen LogP contribution in [0, 0.1) is 11.8 Å². The number of likely N-dealkylation sites (tertiary alicyclic amines) is 1. The fraction of sp³-hybridized carbons (Fsp3) is 0.378. The lowest BCUT2D eigenvalue weighted by Gasteiger charge is -2.27. The highest BCUT2D eigenvalue weighted by molar-refractivity contribution is 6.00. The molecule has 3 aliphatic rings. The molecule has 4 aromatic heterocycles. The van der Waals surface area contributed by atoms with Crippen LogP contribution in [-0.4, -0.2) is 78.2 Å². The Morgan fingerprint density at radius 1 is 1.00 bits per heavy atom. The maximum Gasteiger partial charge on any atom is 0.374 e. The number of H-pyrrole nitrogens is 1. The first kappa shape index (κ1) is 29.9. The van der Waals surface area contributed by atoms with E-state index < -0.39 is 5.97 Å². The van der Waals surface area contributed by atoms with Crippen LogP contribution in [0.4, 0.5) is 0 Å². The van der Waals surface area contributed by atoms with E-state index in [0.29, 0.717) is 40.7 Å². The molecule has 3 atom stereocenters. The summed E-state index contributed by atoms with van der Waals surface area (Å²) in [7, 11) is 3.63. The van der Waals surface area contributed by atoms with Crippen LogP contribution in [0.5, 0.6) is 5.75 Å². The average molecular weight is 659 g/mol. The highest BCUT2D eigenvalue weighted by Crippen LogP contribution is 2.40. The van der Waals surface area contributed by atoms with Crippen molar-refractivity contribution in [2.75, 3.05) is 20.3 Å². The van der Waals surface area contributed by atoms with Crippen LogP contribution in [0.2, 0.25) is 0 Å². The van der Waals surface area contributed by atoms with Gasteiger partial charge in [-0.3, -0.25) is 4.79 Å². The molecule has 6 aromatic rings. The molecular weight excluding hydrogens is 620 g/mol. The van der Waals surface area contributed by atoms with Crippen LogP contribution in [0.1, 0.15) is 53.6 Å². The fourth-order valence-corrected chi connectivity index (χ4v) is 7.95. The van der Waals surface area contributed by atoms with Gasteiger partial charge >= 0.3 is 5.97 Å². The summed E-state index contributed by atoms with van der Waals surface area (Å²) in [6.45, 7) is 3.59. The minimum absolute atomic E-state index is 0.0138. The molecule has 12 heteroatoms. The molecule has 9 rings (SSSR count). The normalized spacial score (nSPS) is 20.2. The number of pyridine rings is 1. The molecule has 0 spiro atoms. The zero-order valence-corrected chi connectivity index (χ0v) is 27.8. The summed E-state index contributed by atoms with van der Waals surface area (Å²) in [4.78, 5) is 45.8. The summed E-state index contributed by atoms with van der Waals surface area (Å²) in [6, 6.07) is 16.0.